The van der Waals surface area contributed by atoms with Gasteiger partial charge < -0.3 is 5.32 Å². The minimum absolute atomic E-state index is 0.0610. The lowest BCUT2D eigenvalue weighted by molar-refractivity contribution is 0.102. The fraction of sp³-hybridized carbons (Fsp3) is 0. The molecule has 1 aromatic heterocycles. The van der Waals surface area contributed by atoms with Crippen molar-refractivity contribution in [2.24, 2.45) is 0 Å². The van der Waals surface area contributed by atoms with Gasteiger partial charge in [-0.1, -0.05) is 6.07 Å². The fourth-order valence-corrected chi connectivity index (χ4v) is 1.81. The fourth-order valence-electron chi connectivity index (χ4n) is 1.24. The number of benzene rings is 1. The minimum Gasteiger partial charge on any atom is -0.305 e. The number of carbonyl (C=O) groups excluding carboxylic acids is 1. The summed E-state index contributed by atoms with van der Waals surface area (Å²) in [7, 11) is 0. The van der Waals surface area contributed by atoms with E-state index in [4.69, 9.17) is 0 Å². The first kappa shape index (κ1) is 13.1. The Morgan fingerprint density at radius 1 is 1.22 bits per heavy atom. The highest BCUT2D eigenvalue weighted by Crippen LogP contribution is 2.19. The molecule has 0 aliphatic heterocycles. The zero-order valence-electron chi connectivity index (χ0n) is 8.82. The van der Waals surface area contributed by atoms with Gasteiger partial charge in [-0.15, -0.1) is 0 Å². The summed E-state index contributed by atoms with van der Waals surface area (Å²) in [4.78, 5) is 19.6. The number of amides is 1. The molecule has 0 unspecified atom stereocenters. The standard InChI is InChI=1S/C11H6Br2FN3O/c12-7-3-1-2-6(10(7)14)11(18)17-9-5-15-8(13)4-16-9/h1-5H,(H,16,17,18). The number of halogens is 3. The van der Waals surface area contributed by atoms with Gasteiger partial charge in [-0.3, -0.25) is 4.79 Å². The van der Waals surface area contributed by atoms with E-state index in [1.807, 2.05) is 0 Å². The van der Waals surface area contributed by atoms with Crippen LogP contribution in [0.3, 0.4) is 0 Å². The molecule has 2 rings (SSSR count). The first-order valence-corrected chi connectivity index (χ1v) is 6.39. The number of anilines is 1. The smallest absolute Gasteiger partial charge is 0.259 e. The number of rotatable bonds is 2. The molecule has 0 atom stereocenters. The van der Waals surface area contributed by atoms with Crippen molar-refractivity contribution in [2.45, 2.75) is 0 Å². The van der Waals surface area contributed by atoms with E-state index >= 15 is 0 Å². The summed E-state index contributed by atoms with van der Waals surface area (Å²) in [6.07, 6.45) is 2.81. The van der Waals surface area contributed by atoms with Crippen molar-refractivity contribution in [3.63, 3.8) is 0 Å². The van der Waals surface area contributed by atoms with E-state index in [2.05, 4.69) is 47.1 Å². The number of nitrogens with one attached hydrogen (secondary N) is 1. The predicted molar refractivity (Wildman–Crippen MR) is 71.8 cm³/mol. The second kappa shape index (κ2) is 5.53. The van der Waals surface area contributed by atoms with Crippen LogP contribution in [0.25, 0.3) is 0 Å². The zero-order valence-corrected chi connectivity index (χ0v) is 12.0. The third-order valence-electron chi connectivity index (χ3n) is 2.06. The second-order valence-electron chi connectivity index (χ2n) is 3.28. The lowest BCUT2D eigenvalue weighted by atomic mass is 10.2. The van der Waals surface area contributed by atoms with Crippen molar-refractivity contribution < 1.29 is 9.18 Å². The van der Waals surface area contributed by atoms with Crippen LogP contribution in [0.2, 0.25) is 0 Å². The molecule has 0 aliphatic rings. The number of nitrogens with zero attached hydrogens (tertiary/aromatic N) is 2. The van der Waals surface area contributed by atoms with Crippen molar-refractivity contribution in [1.29, 1.82) is 0 Å². The molecular formula is C11H6Br2FN3O. The molecule has 18 heavy (non-hydrogen) atoms. The second-order valence-corrected chi connectivity index (χ2v) is 4.95. The molecule has 4 nitrogen and oxygen atoms in total. The molecule has 2 aromatic rings. The highest BCUT2D eigenvalue weighted by atomic mass is 79.9. The number of aromatic nitrogens is 2. The van der Waals surface area contributed by atoms with Crippen LogP contribution >= 0.6 is 31.9 Å². The monoisotopic (exact) mass is 373 g/mol. The lowest BCUT2D eigenvalue weighted by Gasteiger charge is -2.05. The third-order valence-corrected chi connectivity index (χ3v) is 3.08. The van der Waals surface area contributed by atoms with Crippen molar-refractivity contribution in [3.8, 4) is 0 Å². The van der Waals surface area contributed by atoms with Gasteiger partial charge in [0.05, 0.1) is 22.4 Å². The largest absolute Gasteiger partial charge is 0.305 e. The van der Waals surface area contributed by atoms with E-state index in [0.717, 1.165) is 0 Å². The summed E-state index contributed by atoms with van der Waals surface area (Å²) >= 11 is 6.15. The lowest BCUT2D eigenvalue weighted by Crippen LogP contribution is -2.15. The van der Waals surface area contributed by atoms with Gasteiger partial charge in [0.25, 0.3) is 5.91 Å². The Morgan fingerprint density at radius 2 is 2.00 bits per heavy atom. The summed E-state index contributed by atoms with van der Waals surface area (Å²) in [5.41, 5.74) is -0.0610. The van der Waals surface area contributed by atoms with Crippen LogP contribution in [0.4, 0.5) is 10.2 Å². The Bertz CT molecular complexity index is 589. The van der Waals surface area contributed by atoms with Crippen LogP contribution in [-0.2, 0) is 0 Å². The van der Waals surface area contributed by atoms with Gasteiger partial charge in [-0.2, -0.15) is 0 Å². The molecule has 0 spiro atoms. The maximum Gasteiger partial charge on any atom is 0.259 e. The molecule has 1 aromatic carbocycles. The maximum atomic E-state index is 13.7. The van der Waals surface area contributed by atoms with Gasteiger partial charge in [0, 0.05) is 0 Å². The molecule has 0 aliphatic carbocycles. The number of hydrogen-bond acceptors (Lipinski definition) is 3. The zero-order chi connectivity index (χ0) is 13.1. The minimum atomic E-state index is -0.611. The van der Waals surface area contributed by atoms with E-state index in [0.29, 0.717) is 4.60 Å². The molecular weight excluding hydrogens is 369 g/mol. The van der Waals surface area contributed by atoms with Crippen LogP contribution in [0, 0.1) is 5.82 Å². The van der Waals surface area contributed by atoms with Gasteiger partial charge in [0.15, 0.2) is 5.82 Å². The molecule has 0 fully saturated rings. The molecule has 0 saturated heterocycles. The molecule has 0 bridgehead atoms. The predicted octanol–water partition coefficient (Wildman–Crippen LogP) is 3.39. The van der Waals surface area contributed by atoms with Crippen LogP contribution < -0.4 is 5.32 Å². The van der Waals surface area contributed by atoms with E-state index in [1.165, 1.54) is 24.5 Å². The summed E-state index contributed by atoms with van der Waals surface area (Å²) in [5.74, 6) is -0.937. The van der Waals surface area contributed by atoms with Crippen molar-refractivity contribution in [2.75, 3.05) is 5.32 Å². The van der Waals surface area contributed by atoms with Gasteiger partial charge in [-0.05, 0) is 44.0 Å². The first-order valence-electron chi connectivity index (χ1n) is 4.81. The third kappa shape index (κ3) is 2.91. The van der Waals surface area contributed by atoms with Crippen molar-refractivity contribution >= 4 is 43.6 Å². The SMILES string of the molecule is O=C(Nc1cnc(Br)cn1)c1cccc(Br)c1F. The molecule has 0 saturated carbocycles. The van der Waals surface area contributed by atoms with Crippen molar-refractivity contribution in [1.82, 2.24) is 9.97 Å². The first-order chi connectivity index (χ1) is 8.58. The van der Waals surface area contributed by atoms with Gasteiger partial charge in [0.1, 0.15) is 10.4 Å². The van der Waals surface area contributed by atoms with Crippen LogP contribution in [-0.4, -0.2) is 15.9 Å². The summed E-state index contributed by atoms with van der Waals surface area (Å²) in [5, 5.41) is 2.46. The van der Waals surface area contributed by atoms with Crippen LogP contribution in [0.15, 0.2) is 39.7 Å². The Hall–Kier alpha value is -1.34. The summed E-state index contributed by atoms with van der Waals surface area (Å²) in [6.45, 7) is 0. The van der Waals surface area contributed by atoms with E-state index in [9.17, 15) is 9.18 Å². The summed E-state index contributed by atoms with van der Waals surface area (Å²) in [6, 6.07) is 4.49. The average Bonchev–Trinajstić information content (AvgIpc) is 2.35. The number of carbonyl (C=O) groups is 1. The molecule has 0 radical (unpaired) electrons. The van der Waals surface area contributed by atoms with Crippen molar-refractivity contribution in [3.05, 3.63) is 51.0 Å². The van der Waals surface area contributed by atoms with Gasteiger partial charge >= 0.3 is 0 Å². The van der Waals surface area contributed by atoms with E-state index < -0.39 is 11.7 Å². The molecule has 1 heterocycles. The Morgan fingerprint density at radius 3 is 2.67 bits per heavy atom. The topological polar surface area (TPSA) is 54.9 Å². The average molecular weight is 375 g/mol. The molecule has 7 heteroatoms. The van der Waals surface area contributed by atoms with Crippen LogP contribution in [0.1, 0.15) is 10.4 Å². The highest BCUT2D eigenvalue weighted by Gasteiger charge is 2.14. The maximum absolute atomic E-state index is 13.7. The molecule has 1 amide bonds. The number of hydrogen-bond donors (Lipinski definition) is 1. The normalized spacial score (nSPS) is 10.2. The highest BCUT2D eigenvalue weighted by molar-refractivity contribution is 9.10. The van der Waals surface area contributed by atoms with E-state index in [-0.39, 0.29) is 15.9 Å². The summed E-state index contributed by atoms with van der Waals surface area (Å²) < 4.78 is 14.5. The van der Waals surface area contributed by atoms with E-state index in [1.54, 1.807) is 6.07 Å². The Labute approximate surface area is 119 Å². The molecule has 1 N–H and O–H groups in total. The Kier molecular flexibility index (Phi) is 4.03. The Balaban J connectivity index is 2.22. The van der Waals surface area contributed by atoms with Gasteiger partial charge in [-0.25, -0.2) is 14.4 Å². The molecule has 92 valence electrons. The van der Waals surface area contributed by atoms with Gasteiger partial charge in [0.2, 0.25) is 0 Å². The van der Waals surface area contributed by atoms with Crippen LogP contribution in [0.5, 0.6) is 0 Å². The quantitative estimate of drug-likeness (QED) is 0.876.